The highest BCUT2D eigenvalue weighted by Gasteiger charge is 2.23. The van der Waals surface area contributed by atoms with Crippen molar-refractivity contribution in [2.75, 3.05) is 19.6 Å². The lowest BCUT2D eigenvalue weighted by Gasteiger charge is -2.33. The molecule has 6 heteroatoms. The number of pyridine rings is 1. The number of carbonyl (C=O) groups is 1. The molecular formula is C30H38N4O2. The third kappa shape index (κ3) is 7.39. The average Bonchev–Trinajstić information content (AvgIpc) is 2.88. The van der Waals surface area contributed by atoms with E-state index in [2.05, 4.69) is 70.8 Å². The van der Waals surface area contributed by atoms with Crippen LogP contribution in [0.1, 0.15) is 53.7 Å². The van der Waals surface area contributed by atoms with E-state index in [-0.39, 0.29) is 17.1 Å². The average molecular weight is 487 g/mol. The molecule has 2 aromatic carbocycles. The molecule has 1 aliphatic heterocycles. The summed E-state index contributed by atoms with van der Waals surface area (Å²) in [5.74, 6) is -0.252. The summed E-state index contributed by atoms with van der Waals surface area (Å²) in [4.78, 5) is 19.5. The lowest BCUT2D eigenvalue weighted by molar-refractivity contribution is 0.0933. The van der Waals surface area contributed by atoms with Crippen LogP contribution >= 0.6 is 0 Å². The molecule has 6 nitrogen and oxygen atoms in total. The van der Waals surface area contributed by atoms with Gasteiger partial charge in [0.25, 0.3) is 5.91 Å². The Bertz CT molecular complexity index is 1120. The van der Waals surface area contributed by atoms with E-state index in [0.717, 1.165) is 45.4 Å². The molecule has 0 spiro atoms. The zero-order valence-electron chi connectivity index (χ0n) is 21.4. The summed E-state index contributed by atoms with van der Waals surface area (Å²) in [5.41, 5.74) is 3.99. The molecule has 2 heterocycles. The highest BCUT2D eigenvalue weighted by atomic mass is 16.3. The fourth-order valence-electron chi connectivity index (χ4n) is 4.84. The maximum absolute atomic E-state index is 12.5. The summed E-state index contributed by atoms with van der Waals surface area (Å²) < 4.78 is 0. The molecule has 0 atom stereocenters. The van der Waals surface area contributed by atoms with E-state index < -0.39 is 0 Å². The normalized spacial score (nSPS) is 15.1. The number of rotatable bonds is 10. The van der Waals surface area contributed by atoms with Crippen LogP contribution in [0.4, 0.5) is 0 Å². The smallest absolute Gasteiger partial charge is 0.255 e. The number of piperidine rings is 1. The van der Waals surface area contributed by atoms with Crippen molar-refractivity contribution in [3.05, 3.63) is 95.3 Å². The van der Waals surface area contributed by atoms with Gasteiger partial charge in [-0.1, -0.05) is 56.3 Å². The molecule has 1 amide bonds. The highest BCUT2D eigenvalue weighted by molar-refractivity contribution is 5.96. The van der Waals surface area contributed by atoms with Gasteiger partial charge in [0, 0.05) is 38.1 Å². The van der Waals surface area contributed by atoms with Crippen molar-refractivity contribution in [1.29, 1.82) is 0 Å². The van der Waals surface area contributed by atoms with Gasteiger partial charge in [0.2, 0.25) is 0 Å². The highest BCUT2D eigenvalue weighted by Crippen LogP contribution is 2.24. The topological polar surface area (TPSA) is 77.5 Å². The summed E-state index contributed by atoms with van der Waals surface area (Å²) >= 11 is 0. The van der Waals surface area contributed by atoms with Gasteiger partial charge in [-0.3, -0.25) is 14.7 Å². The van der Waals surface area contributed by atoms with E-state index in [1.54, 1.807) is 18.2 Å². The van der Waals surface area contributed by atoms with Crippen LogP contribution in [-0.4, -0.2) is 46.6 Å². The first kappa shape index (κ1) is 25.9. The maximum atomic E-state index is 12.5. The molecule has 190 valence electrons. The standard InChI is InChI=1S/C30H38N4O2/c1-30(2,22-33-29(36)27-10-6-7-11-28(27)35)18-24-12-15-31-19-25(24)20-32-26-13-16-34(17-14-26)21-23-8-4-3-5-9-23/h3-12,15,19,26,32,35H,13-14,16-18,20-22H2,1-2H3,(H,33,36). The van der Waals surface area contributed by atoms with Crippen molar-refractivity contribution in [3.63, 3.8) is 0 Å². The second-order valence-electron chi connectivity index (χ2n) is 10.6. The number of amides is 1. The fourth-order valence-corrected chi connectivity index (χ4v) is 4.84. The quantitative estimate of drug-likeness (QED) is 0.392. The summed E-state index contributed by atoms with van der Waals surface area (Å²) in [6, 6.07) is 19.9. The van der Waals surface area contributed by atoms with Crippen LogP contribution in [0.3, 0.4) is 0 Å². The number of likely N-dealkylation sites (tertiary alicyclic amines) is 1. The monoisotopic (exact) mass is 486 g/mol. The first-order chi connectivity index (χ1) is 17.4. The number of nitrogens with zero attached hydrogens (tertiary/aromatic N) is 2. The summed E-state index contributed by atoms with van der Waals surface area (Å²) in [6.45, 7) is 8.85. The van der Waals surface area contributed by atoms with Gasteiger partial charge < -0.3 is 15.7 Å². The third-order valence-corrected chi connectivity index (χ3v) is 6.97. The summed E-state index contributed by atoms with van der Waals surface area (Å²) in [5, 5.41) is 16.7. The van der Waals surface area contributed by atoms with Crippen LogP contribution in [0.2, 0.25) is 0 Å². The van der Waals surface area contributed by atoms with Crippen molar-refractivity contribution in [1.82, 2.24) is 20.5 Å². The van der Waals surface area contributed by atoms with Crippen LogP contribution < -0.4 is 10.6 Å². The molecular weight excluding hydrogens is 448 g/mol. The number of aromatic hydroxyl groups is 1. The van der Waals surface area contributed by atoms with Crippen LogP contribution in [0, 0.1) is 5.41 Å². The minimum Gasteiger partial charge on any atom is -0.507 e. The molecule has 0 unspecified atom stereocenters. The number of aromatic nitrogens is 1. The summed E-state index contributed by atoms with van der Waals surface area (Å²) in [7, 11) is 0. The van der Waals surface area contributed by atoms with E-state index >= 15 is 0 Å². The predicted octanol–water partition coefficient (Wildman–Crippen LogP) is 4.54. The van der Waals surface area contributed by atoms with Gasteiger partial charge in [-0.2, -0.15) is 0 Å². The van der Waals surface area contributed by atoms with Gasteiger partial charge in [-0.05, 0) is 72.7 Å². The Kier molecular flexibility index (Phi) is 8.73. The molecule has 3 aromatic rings. The molecule has 0 saturated carbocycles. The number of phenolic OH excluding ortho intramolecular Hbond substituents is 1. The fraction of sp³-hybridized carbons (Fsp3) is 0.400. The number of carbonyl (C=O) groups excluding carboxylic acids is 1. The number of hydrogen-bond donors (Lipinski definition) is 3. The lowest BCUT2D eigenvalue weighted by Crippen LogP contribution is -2.42. The molecule has 0 aliphatic carbocycles. The van der Waals surface area contributed by atoms with Gasteiger partial charge in [0.15, 0.2) is 0 Å². The van der Waals surface area contributed by atoms with E-state index in [4.69, 9.17) is 0 Å². The van der Waals surface area contributed by atoms with E-state index in [0.29, 0.717) is 18.2 Å². The minimum absolute atomic E-state index is 0.00111. The molecule has 3 N–H and O–H groups in total. The molecule has 4 rings (SSSR count). The Hall–Kier alpha value is -3.22. The predicted molar refractivity (Wildman–Crippen MR) is 144 cm³/mol. The van der Waals surface area contributed by atoms with E-state index in [1.165, 1.54) is 22.8 Å². The number of para-hydroxylation sites is 1. The number of hydrogen-bond acceptors (Lipinski definition) is 5. The number of benzene rings is 2. The largest absolute Gasteiger partial charge is 0.507 e. The second-order valence-corrected chi connectivity index (χ2v) is 10.6. The Morgan fingerprint density at radius 1 is 1.03 bits per heavy atom. The molecule has 0 radical (unpaired) electrons. The molecule has 1 saturated heterocycles. The SMILES string of the molecule is CC(C)(CNC(=O)c1ccccc1O)Cc1ccncc1CNC1CCN(Cc2ccccc2)CC1. The van der Waals surface area contributed by atoms with Gasteiger partial charge in [-0.15, -0.1) is 0 Å². The minimum atomic E-state index is -0.253. The van der Waals surface area contributed by atoms with Crippen LogP contribution in [0.25, 0.3) is 0 Å². The van der Waals surface area contributed by atoms with Crippen molar-refractivity contribution in [2.24, 2.45) is 5.41 Å². The Morgan fingerprint density at radius 2 is 1.75 bits per heavy atom. The molecule has 1 aliphatic rings. The van der Waals surface area contributed by atoms with Crippen molar-refractivity contribution >= 4 is 5.91 Å². The third-order valence-electron chi connectivity index (χ3n) is 6.97. The summed E-state index contributed by atoms with van der Waals surface area (Å²) in [6.07, 6.45) is 6.92. The lowest BCUT2D eigenvalue weighted by atomic mass is 9.84. The second kappa shape index (κ2) is 12.2. The number of nitrogens with one attached hydrogen (secondary N) is 2. The maximum Gasteiger partial charge on any atom is 0.255 e. The molecule has 0 bridgehead atoms. The zero-order valence-corrected chi connectivity index (χ0v) is 21.4. The van der Waals surface area contributed by atoms with Gasteiger partial charge in [-0.25, -0.2) is 0 Å². The van der Waals surface area contributed by atoms with Gasteiger partial charge in [0.05, 0.1) is 5.56 Å². The first-order valence-corrected chi connectivity index (χ1v) is 12.9. The van der Waals surface area contributed by atoms with E-state index in [9.17, 15) is 9.90 Å². The van der Waals surface area contributed by atoms with Crippen LogP contribution in [-0.2, 0) is 19.5 Å². The first-order valence-electron chi connectivity index (χ1n) is 12.9. The van der Waals surface area contributed by atoms with E-state index in [1.807, 2.05) is 12.4 Å². The van der Waals surface area contributed by atoms with Crippen molar-refractivity contribution in [3.8, 4) is 5.75 Å². The Morgan fingerprint density at radius 3 is 2.50 bits per heavy atom. The van der Waals surface area contributed by atoms with Gasteiger partial charge in [0.1, 0.15) is 5.75 Å². The Labute approximate surface area is 214 Å². The number of phenols is 1. The van der Waals surface area contributed by atoms with Crippen molar-refractivity contribution in [2.45, 2.75) is 52.2 Å². The van der Waals surface area contributed by atoms with Crippen LogP contribution in [0.15, 0.2) is 73.1 Å². The van der Waals surface area contributed by atoms with Gasteiger partial charge >= 0.3 is 0 Å². The Balaban J connectivity index is 1.26. The zero-order chi connectivity index (χ0) is 25.4. The van der Waals surface area contributed by atoms with Crippen LogP contribution in [0.5, 0.6) is 5.75 Å². The molecule has 1 fully saturated rings. The van der Waals surface area contributed by atoms with Crippen molar-refractivity contribution < 1.29 is 9.90 Å². The molecule has 36 heavy (non-hydrogen) atoms. The molecule has 1 aromatic heterocycles.